The van der Waals surface area contributed by atoms with Gasteiger partial charge in [-0.25, -0.2) is 9.13 Å². The minimum absolute atomic E-state index is 0.0700. The largest absolute Gasteiger partial charge is 0.472 e. The number of hydrogen-bond donors (Lipinski definition) is 3. The van der Waals surface area contributed by atoms with E-state index in [2.05, 4.69) is 137 Å². The van der Waals surface area contributed by atoms with E-state index in [9.17, 15) is 43.2 Å². The van der Waals surface area contributed by atoms with Gasteiger partial charge in [0.15, 0.2) is 12.2 Å². The minimum atomic E-state index is -4.99. The Morgan fingerprint density at radius 3 is 0.779 bits per heavy atom. The van der Waals surface area contributed by atoms with Crippen molar-refractivity contribution in [1.82, 2.24) is 0 Å². The monoisotopic (exact) mass is 1500 g/mol. The maximum absolute atomic E-state index is 13.1. The van der Waals surface area contributed by atoms with E-state index in [0.717, 1.165) is 161 Å². The van der Waals surface area contributed by atoms with Crippen molar-refractivity contribution in [2.24, 2.45) is 0 Å². The zero-order valence-electron chi connectivity index (χ0n) is 65.7. The lowest BCUT2D eigenvalue weighted by Gasteiger charge is -2.21. The van der Waals surface area contributed by atoms with Gasteiger partial charge in [-0.1, -0.05) is 323 Å². The van der Waals surface area contributed by atoms with Crippen molar-refractivity contribution in [3.05, 3.63) is 109 Å². The molecule has 5 unspecified atom stereocenters. The molecule has 0 spiro atoms. The summed E-state index contributed by atoms with van der Waals surface area (Å²) in [5.41, 5.74) is 0. The summed E-state index contributed by atoms with van der Waals surface area (Å²) < 4.78 is 68.7. The summed E-state index contributed by atoms with van der Waals surface area (Å²) in [6.07, 6.45) is 83.4. The summed E-state index contributed by atoms with van der Waals surface area (Å²) in [5, 5.41) is 10.6. The molecule has 0 aromatic carbocycles. The van der Waals surface area contributed by atoms with Gasteiger partial charge in [-0.15, -0.1) is 0 Å². The molecular formula is C85H148O17P2. The molecule has 0 amide bonds. The van der Waals surface area contributed by atoms with Gasteiger partial charge in [0.05, 0.1) is 26.4 Å². The van der Waals surface area contributed by atoms with E-state index in [-0.39, 0.29) is 25.7 Å². The number of hydrogen-bond acceptors (Lipinski definition) is 15. The van der Waals surface area contributed by atoms with Gasteiger partial charge in [0.1, 0.15) is 19.3 Å². The number of unbranched alkanes of at least 4 members (excludes halogenated alkanes) is 33. The fraction of sp³-hybridized carbons (Fsp3) is 0.741. The molecule has 17 nitrogen and oxygen atoms in total. The lowest BCUT2D eigenvalue weighted by Crippen LogP contribution is -2.30. The second-order valence-corrected chi connectivity index (χ2v) is 30.2. The molecule has 0 saturated heterocycles. The first kappa shape index (κ1) is 99.7. The van der Waals surface area contributed by atoms with Gasteiger partial charge in [-0.3, -0.25) is 37.3 Å². The molecule has 5 atom stereocenters. The number of allylic oxidation sites excluding steroid dienone is 18. The predicted octanol–water partition coefficient (Wildman–Crippen LogP) is 24.1. The van der Waals surface area contributed by atoms with Crippen LogP contribution in [0.5, 0.6) is 0 Å². The molecular weight excluding hydrogens is 1350 g/mol. The highest BCUT2D eigenvalue weighted by atomic mass is 31.2. The lowest BCUT2D eigenvalue weighted by molar-refractivity contribution is -0.161. The van der Waals surface area contributed by atoms with E-state index in [1.165, 1.54) is 109 Å². The number of carbonyl (C=O) groups excluding carboxylic acids is 4. The van der Waals surface area contributed by atoms with Gasteiger partial charge < -0.3 is 33.8 Å². The smallest absolute Gasteiger partial charge is 0.462 e. The first-order valence-electron chi connectivity index (χ1n) is 41.1. The van der Waals surface area contributed by atoms with Crippen LogP contribution in [0.3, 0.4) is 0 Å². The number of rotatable bonds is 77. The number of phosphoric ester groups is 2. The third-order valence-corrected chi connectivity index (χ3v) is 19.2. The minimum Gasteiger partial charge on any atom is -0.462 e. The molecule has 19 heteroatoms. The van der Waals surface area contributed by atoms with Gasteiger partial charge in [0.25, 0.3) is 0 Å². The van der Waals surface area contributed by atoms with Crippen molar-refractivity contribution >= 4 is 39.5 Å². The highest BCUT2D eigenvalue weighted by Crippen LogP contribution is 2.45. The predicted molar refractivity (Wildman–Crippen MR) is 427 cm³/mol. The standard InChI is InChI=1S/C85H148O17P2/c1-5-9-13-17-21-25-29-33-35-37-39-41-43-47-50-54-58-62-66-70-83(88)96-76-81(102-85(90)72-68-64-60-56-52-48-44-42-40-38-36-34-30-26-22-18-14-10-6-2)78-100-104(93,94)98-74-79(86)73-97-103(91,92)99-77-80(101-84(89)71-67-63-59-55-51-46-32-28-24-20-16-12-8-4)75-95-82(87)69-65-61-57-53-49-45-31-27-23-19-15-11-7-3/h9-10,13-14,21-22,25-26,33-36,39-42,47,50,79-81,86H,5-8,11-12,15-20,23-24,27-32,37-38,43-46,48-49,51-78H2,1-4H3,(H,91,92)(H,93,94)/b13-9-,14-10-,25-21-,26-22-,35-33-,36-34-,41-39-,42-40-,50-47-. The average Bonchev–Trinajstić information content (AvgIpc) is 0.906. The molecule has 0 aromatic rings. The van der Waals surface area contributed by atoms with E-state index >= 15 is 0 Å². The molecule has 0 bridgehead atoms. The summed E-state index contributed by atoms with van der Waals surface area (Å²) >= 11 is 0. The van der Waals surface area contributed by atoms with E-state index in [4.69, 9.17) is 37.0 Å². The first-order valence-corrected chi connectivity index (χ1v) is 44.1. The van der Waals surface area contributed by atoms with Crippen molar-refractivity contribution in [3.63, 3.8) is 0 Å². The van der Waals surface area contributed by atoms with Crippen LogP contribution in [0, 0.1) is 0 Å². The van der Waals surface area contributed by atoms with Crippen LogP contribution in [0.25, 0.3) is 0 Å². The Morgan fingerprint density at radius 2 is 0.500 bits per heavy atom. The van der Waals surface area contributed by atoms with E-state index in [0.29, 0.717) is 25.7 Å². The maximum Gasteiger partial charge on any atom is 0.472 e. The van der Waals surface area contributed by atoms with Gasteiger partial charge in [-0.05, 0) is 109 Å². The number of aliphatic hydroxyl groups is 1. The molecule has 0 aliphatic carbocycles. The van der Waals surface area contributed by atoms with Crippen LogP contribution < -0.4 is 0 Å². The molecule has 0 aliphatic rings. The van der Waals surface area contributed by atoms with Crippen molar-refractivity contribution in [1.29, 1.82) is 0 Å². The summed E-state index contributed by atoms with van der Waals surface area (Å²) in [5.74, 6) is -2.20. The molecule has 0 saturated carbocycles. The second-order valence-electron chi connectivity index (χ2n) is 27.3. The van der Waals surface area contributed by atoms with Crippen LogP contribution in [-0.4, -0.2) is 96.7 Å². The molecule has 0 aromatic heterocycles. The summed E-state index contributed by atoms with van der Waals surface area (Å²) in [6.45, 7) is 4.65. The van der Waals surface area contributed by atoms with Gasteiger partial charge >= 0.3 is 39.5 Å². The average molecular weight is 1500 g/mol. The van der Waals surface area contributed by atoms with Crippen LogP contribution >= 0.6 is 15.6 Å². The fourth-order valence-corrected chi connectivity index (χ4v) is 12.6. The summed E-state index contributed by atoms with van der Waals surface area (Å²) in [6, 6.07) is 0. The Balaban J connectivity index is 5.39. The first-order chi connectivity index (χ1) is 50.7. The van der Waals surface area contributed by atoms with Crippen LogP contribution in [0.2, 0.25) is 0 Å². The number of ether oxygens (including phenoxy) is 4. The lowest BCUT2D eigenvalue weighted by atomic mass is 10.0. The Bertz CT molecular complexity index is 2390. The SMILES string of the molecule is CC/C=C\C/C=C\C/C=C\C/C=C\C/C=C\CCCCCC(=O)OCC(COP(=O)(O)OCC(O)COP(=O)(O)OCC(COC(=O)CCCCCCCCCCCCCCC)OC(=O)CCCCCCCCCCCCCCC)OC(=O)CCCCCCCC/C=C\C/C=C\C/C=C\C/C=C\CC. The van der Waals surface area contributed by atoms with Gasteiger partial charge in [0.2, 0.25) is 0 Å². The topological polar surface area (TPSA) is 237 Å². The zero-order chi connectivity index (χ0) is 76.0. The van der Waals surface area contributed by atoms with E-state index in [1.54, 1.807) is 0 Å². The summed E-state index contributed by atoms with van der Waals surface area (Å²) in [4.78, 5) is 73.1. The Hall–Kier alpha value is -4.28. The van der Waals surface area contributed by atoms with Crippen LogP contribution in [0.1, 0.15) is 349 Å². The van der Waals surface area contributed by atoms with Crippen molar-refractivity contribution < 1.29 is 80.2 Å². The van der Waals surface area contributed by atoms with E-state index in [1.807, 2.05) is 0 Å². The Kier molecular flexibility index (Phi) is 73.7. The maximum atomic E-state index is 13.1. The van der Waals surface area contributed by atoms with Crippen LogP contribution in [-0.2, 0) is 65.4 Å². The van der Waals surface area contributed by atoms with Gasteiger partial charge in [-0.2, -0.15) is 0 Å². The Labute approximate surface area is 632 Å². The summed E-state index contributed by atoms with van der Waals surface area (Å²) in [7, 11) is -9.96. The molecule has 3 N–H and O–H groups in total. The van der Waals surface area contributed by atoms with Crippen molar-refractivity contribution in [3.8, 4) is 0 Å². The van der Waals surface area contributed by atoms with Gasteiger partial charge in [0, 0.05) is 25.7 Å². The zero-order valence-corrected chi connectivity index (χ0v) is 67.5. The third-order valence-electron chi connectivity index (χ3n) is 17.3. The van der Waals surface area contributed by atoms with Crippen molar-refractivity contribution in [2.75, 3.05) is 39.6 Å². The molecule has 0 radical (unpaired) electrons. The normalized spacial score (nSPS) is 14.4. The molecule has 0 rings (SSSR count). The highest BCUT2D eigenvalue weighted by Gasteiger charge is 2.30. The number of esters is 4. The number of phosphoric acid groups is 2. The highest BCUT2D eigenvalue weighted by molar-refractivity contribution is 7.47. The Morgan fingerprint density at radius 1 is 0.279 bits per heavy atom. The molecule has 104 heavy (non-hydrogen) atoms. The van der Waals surface area contributed by atoms with Crippen molar-refractivity contribution in [2.45, 2.75) is 367 Å². The number of aliphatic hydroxyl groups excluding tert-OH is 1. The van der Waals surface area contributed by atoms with Crippen LogP contribution in [0.15, 0.2) is 109 Å². The second kappa shape index (κ2) is 76.9. The third kappa shape index (κ3) is 75.9. The van der Waals surface area contributed by atoms with Crippen LogP contribution in [0.4, 0.5) is 0 Å². The fourth-order valence-electron chi connectivity index (χ4n) is 11.1. The molecule has 0 aliphatic heterocycles. The molecule has 0 heterocycles. The quantitative estimate of drug-likeness (QED) is 0.0169. The molecule has 0 fully saturated rings. The molecule has 600 valence electrons. The van der Waals surface area contributed by atoms with E-state index < -0.39 is 97.5 Å². The number of carbonyl (C=O) groups is 4.